The zero-order chi connectivity index (χ0) is 13.8. The quantitative estimate of drug-likeness (QED) is 0.904. The molecule has 0 aliphatic carbocycles. The van der Waals surface area contributed by atoms with Crippen LogP contribution in [0.3, 0.4) is 0 Å². The fraction of sp³-hybridized carbons (Fsp3) is 0.385. The predicted molar refractivity (Wildman–Crippen MR) is 74.0 cm³/mol. The van der Waals surface area contributed by atoms with Gasteiger partial charge in [0.15, 0.2) is 0 Å². The van der Waals surface area contributed by atoms with E-state index in [-0.39, 0.29) is 11.9 Å². The van der Waals surface area contributed by atoms with Crippen molar-refractivity contribution < 1.29 is 14.3 Å². The van der Waals surface area contributed by atoms with E-state index in [0.29, 0.717) is 18.7 Å². The molecule has 1 unspecified atom stereocenters. The van der Waals surface area contributed by atoms with Gasteiger partial charge in [-0.25, -0.2) is 4.79 Å². The Bertz CT molecular complexity index is 493. The maximum atomic E-state index is 12.3. The molecule has 1 aliphatic rings. The van der Waals surface area contributed by atoms with E-state index in [1.54, 1.807) is 17.0 Å². The second kappa shape index (κ2) is 6.06. The molecule has 102 valence electrons. The van der Waals surface area contributed by atoms with E-state index in [0.717, 1.165) is 10.9 Å². The number of methoxy groups -OCH3 is 1. The Labute approximate surface area is 120 Å². The highest BCUT2D eigenvalue weighted by molar-refractivity contribution is 9.10. The fourth-order valence-corrected chi connectivity index (χ4v) is 2.49. The first-order valence-corrected chi connectivity index (χ1v) is 6.79. The van der Waals surface area contributed by atoms with Crippen molar-refractivity contribution in [3.8, 4) is 0 Å². The number of rotatable bonds is 2. The molecular weight excluding hydrogens is 312 g/mol. The molecule has 0 bridgehead atoms. The van der Waals surface area contributed by atoms with Crippen LogP contribution in [0.15, 0.2) is 28.7 Å². The molecule has 1 saturated heterocycles. The Kier molecular flexibility index (Phi) is 4.42. The largest absolute Gasteiger partial charge is 0.453 e. The SMILES string of the molecule is COC(=O)NC1CCN(C(=O)c2cccc(Br)c2)C1. The van der Waals surface area contributed by atoms with Crippen LogP contribution in [0.4, 0.5) is 4.79 Å². The molecule has 1 fully saturated rings. The van der Waals surface area contributed by atoms with Gasteiger partial charge >= 0.3 is 6.09 Å². The first-order chi connectivity index (χ1) is 9.10. The van der Waals surface area contributed by atoms with Gasteiger partial charge in [0.05, 0.1) is 13.2 Å². The van der Waals surface area contributed by atoms with Crippen LogP contribution in [0.25, 0.3) is 0 Å². The van der Waals surface area contributed by atoms with Gasteiger partial charge in [-0.2, -0.15) is 0 Å². The van der Waals surface area contributed by atoms with Gasteiger partial charge in [-0.05, 0) is 24.6 Å². The second-order valence-corrected chi connectivity index (χ2v) is 5.30. The number of nitrogens with zero attached hydrogens (tertiary/aromatic N) is 1. The van der Waals surface area contributed by atoms with Crippen molar-refractivity contribution in [3.05, 3.63) is 34.3 Å². The highest BCUT2D eigenvalue weighted by Crippen LogP contribution is 2.17. The van der Waals surface area contributed by atoms with Gasteiger partial charge in [-0.1, -0.05) is 22.0 Å². The lowest BCUT2D eigenvalue weighted by atomic mass is 10.2. The molecule has 2 amide bonds. The van der Waals surface area contributed by atoms with Crippen molar-refractivity contribution in [2.75, 3.05) is 20.2 Å². The summed E-state index contributed by atoms with van der Waals surface area (Å²) in [7, 11) is 1.33. The van der Waals surface area contributed by atoms with Gasteiger partial charge in [0, 0.05) is 23.1 Å². The van der Waals surface area contributed by atoms with Crippen molar-refractivity contribution in [1.82, 2.24) is 10.2 Å². The Morgan fingerprint density at radius 3 is 2.95 bits per heavy atom. The summed E-state index contributed by atoms with van der Waals surface area (Å²) in [6, 6.07) is 7.25. The molecule has 0 saturated carbocycles. The summed E-state index contributed by atoms with van der Waals surface area (Å²) in [6.07, 6.45) is 0.288. The molecule has 19 heavy (non-hydrogen) atoms. The molecule has 6 heteroatoms. The van der Waals surface area contributed by atoms with Gasteiger partial charge < -0.3 is 15.0 Å². The van der Waals surface area contributed by atoms with Crippen molar-refractivity contribution in [3.63, 3.8) is 0 Å². The number of likely N-dealkylation sites (tertiary alicyclic amines) is 1. The third-order valence-electron chi connectivity index (χ3n) is 3.05. The number of alkyl carbamates (subject to hydrolysis) is 1. The minimum Gasteiger partial charge on any atom is -0.453 e. The Hall–Kier alpha value is -1.56. The molecule has 1 aromatic rings. The van der Waals surface area contributed by atoms with Gasteiger partial charge in [0.1, 0.15) is 0 Å². The molecule has 2 rings (SSSR count). The fourth-order valence-electron chi connectivity index (χ4n) is 2.09. The minimum absolute atomic E-state index is 0.0181. The highest BCUT2D eigenvalue weighted by Gasteiger charge is 2.28. The summed E-state index contributed by atoms with van der Waals surface area (Å²) < 4.78 is 5.43. The van der Waals surface area contributed by atoms with Crippen LogP contribution in [0.2, 0.25) is 0 Å². The molecule has 1 heterocycles. The predicted octanol–water partition coefficient (Wildman–Crippen LogP) is 2.02. The van der Waals surface area contributed by atoms with Crippen LogP contribution < -0.4 is 5.32 Å². The van der Waals surface area contributed by atoms with Gasteiger partial charge in [-0.3, -0.25) is 4.79 Å². The van der Waals surface area contributed by atoms with Crippen molar-refractivity contribution in [2.24, 2.45) is 0 Å². The van der Waals surface area contributed by atoms with Crippen LogP contribution in [-0.2, 0) is 4.74 Å². The molecule has 1 N–H and O–H groups in total. The molecule has 0 spiro atoms. The monoisotopic (exact) mass is 326 g/mol. The second-order valence-electron chi connectivity index (χ2n) is 4.38. The van der Waals surface area contributed by atoms with Gasteiger partial charge in [-0.15, -0.1) is 0 Å². The van der Waals surface area contributed by atoms with Crippen LogP contribution in [0.1, 0.15) is 16.8 Å². The molecule has 1 atom stereocenters. The molecule has 0 aromatic heterocycles. The van der Waals surface area contributed by atoms with Crippen LogP contribution in [0, 0.1) is 0 Å². The lowest BCUT2D eigenvalue weighted by Gasteiger charge is -2.17. The first kappa shape index (κ1) is 13.9. The van der Waals surface area contributed by atoms with E-state index in [2.05, 4.69) is 26.0 Å². The third-order valence-corrected chi connectivity index (χ3v) is 3.55. The van der Waals surface area contributed by atoms with Crippen molar-refractivity contribution in [1.29, 1.82) is 0 Å². The van der Waals surface area contributed by atoms with Crippen LogP contribution in [0.5, 0.6) is 0 Å². The zero-order valence-electron chi connectivity index (χ0n) is 10.6. The van der Waals surface area contributed by atoms with E-state index in [1.807, 2.05) is 12.1 Å². The average Bonchev–Trinajstić information content (AvgIpc) is 2.86. The minimum atomic E-state index is -0.457. The normalized spacial score (nSPS) is 18.2. The van der Waals surface area contributed by atoms with Crippen molar-refractivity contribution >= 4 is 27.9 Å². The summed E-state index contributed by atoms with van der Waals surface area (Å²) in [5, 5.41) is 2.71. The van der Waals surface area contributed by atoms with E-state index in [1.165, 1.54) is 7.11 Å². The smallest absolute Gasteiger partial charge is 0.407 e. The maximum Gasteiger partial charge on any atom is 0.407 e. The Morgan fingerprint density at radius 2 is 2.26 bits per heavy atom. The van der Waals surface area contributed by atoms with Crippen LogP contribution in [-0.4, -0.2) is 43.1 Å². The molecule has 1 aliphatic heterocycles. The topological polar surface area (TPSA) is 58.6 Å². The van der Waals surface area contributed by atoms with E-state index >= 15 is 0 Å². The maximum absolute atomic E-state index is 12.3. The number of ether oxygens (including phenoxy) is 1. The summed E-state index contributed by atoms with van der Waals surface area (Å²) in [5.74, 6) is -0.0181. The number of hydrogen-bond acceptors (Lipinski definition) is 3. The lowest BCUT2D eigenvalue weighted by molar-refractivity contribution is 0.0788. The van der Waals surface area contributed by atoms with Gasteiger partial charge in [0.25, 0.3) is 5.91 Å². The number of carbonyl (C=O) groups is 2. The highest BCUT2D eigenvalue weighted by atomic mass is 79.9. The number of benzene rings is 1. The summed E-state index contributed by atoms with van der Waals surface area (Å²) in [6.45, 7) is 1.15. The molecule has 5 nitrogen and oxygen atoms in total. The number of nitrogens with one attached hydrogen (secondary N) is 1. The number of carbonyl (C=O) groups excluding carboxylic acids is 2. The Morgan fingerprint density at radius 1 is 1.47 bits per heavy atom. The van der Waals surface area contributed by atoms with E-state index in [4.69, 9.17) is 0 Å². The number of halogens is 1. The molecule has 1 aromatic carbocycles. The number of amides is 2. The summed E-state index contributed by atoms with van der Waals surface area (Å²) in [4.78, 5) is 25.1. The third kappa shape index (κ3) is 3.47. The zero-order valence-corrected chi connectivity index (χ0v) is 12.1. The standard InChI is InChI=1S/C13H15BrN2O3/c1-19-13(18)15-11-5-6-16(8-11)12(17)9-3-2-4-10(14)7-9/h2-4,7,11H,5-6,8H2,1H3,(H,15,18). The van der Waals surface area contributed by atoms with E-state index in [9.17, 15) is 9.59 Å². The first-order valence-electron chi connectivity index (χ1n) is 5.99. The van der Waals surface area contributed by atoms with Crippen molar-refractivity contribution in [2.45, 2.75) is 12.5 Å². The van der Waals surface area contributed by atoms with E-state index < -0.39 is 6.09 Å². The van der Waals surface area contributed by atoms with Gasteiger partial charge in [0.2, 0.25) is 0 Å². The van der Waals surface area contributed by atoms with Crippen LogP contribution >= 0.6 is 15.9 Å². The summed E-state index contributed by atoms with van der Waals surface area (Å²) in [5.41, 5.74) is 0.646. The average molecular weight is 327 g/mol. The lowest BCUT2D eigenvalue weighted by Crippen LogP contribution is -2.38. The molecular formula is C13H15BrN2O3. The summed E-state index contributed by atoms with van der Waals surface area (Å²) >= 11 is 3.35. The number of hydrogen-bond donors (Lipinski definition) is 1. The Balaban J connectivity index is 1.97. The molecule has 0 radical (unpaired) electrons.